The minimum atomic E-state index is -6.00. The highest BCUT2D eigenvalue weighted by molar-refractivity contribution is 6.50. The van der Waals surface area contributed by atoms with E-state index in [4.69, 9.17) is 10.1 Å². The van der Waals surface area contributed by atoms with Gasteiger partial charge in [-0.15, -0.1) is 0 Å². The molecule has 0 atom stereocenters. The van der Waals surface area contributed by atoms with E-state index in [1.807, 2.05) is 12.1 Å². The molecule has 0 aliphatic carbocycles. The van der Waals surface area contributed by atoms with Gasteiger partial charge in [-0.2, -0.15) is 0 Å². The molecule has 0 unspecified atom stereocenters. The molecule has 0 amide bonds. The molecule has 0 radical (unpaired) electrons. The monoisotopic (exact) mass is 376 g/mol. The molecule has 0 saturated carbocycles. The third-order valence-corrected chi connectivity index (χ3v) is 3.72. The average Bonchev–Trinajstić information content (AvgIpc) is 2.59. The van der Waals surface area contributed by atoms with Crippen LogP contribution in [-0.4, -0.2) is 13.9 Å². The molecule has 0 bridgehead atoms. The van der Waals surface area contributed by atoms with E-state index in [9.17, 15) is 17.3 Å². The van der Waals surface area contributed by atoms with Gasteiger partial charge in [0, 0.05) is 12.1 Å². The van der Waals surface area contributed by atoms with Crippen molar-refractivity contribution < 1.29 is 22.0 Å². The summed E-state index contributed by atoms with van der Waals surface area (Å²) in [5.74, 6) is 0.846. The Morgan fingerprint density at radius 2 is 1.23 bits per heavy atom. The molecular formula is C18H29BF4N2O. The summed E-state index contributed by atoms with van der Waals surface area (Å²) in [4.78, 5) is 3.12. The summed E-state index contributed by atoms with van der Waals surface area (Å²) in [6.45, 7) is 3.03. The fraction of sp³-hybridized carbons (Fsp3) is 0.667. The zero-order chi connectivity index (χ0) is 19.7. The Bertz CT molecular complexity index is 483. The van der Waals surface area contributed by atoms with E-state index in [1.54, 1.807) is 12.1 Å². The van der Waals surface area contributed by atoms with Crippen LogP contribution in [0.25, 0.3) is 4.98 Å². The van der Waals surface area contributed by atoms with Crippen molar-refractivity contribution in [1.82, 2.24) is 0 Å². The van der Waals surface area contributed by atoms with E-state index in [2.05, 4.69) is 11.9 Å². The lowest BCUT2D eigenvalue weighted by Crippen LogP contribution is -2.02. The van der Waals surface area contributed by atoms with Crippen molar-refractivity contribution in [2.75, 3.05) is 6.61 Å². The fourth-order valence-electron chi connectivity index (χ4n) is 2.39. The van der Waals surface area contributed by atoms with Crippen LogP contribution in [0.3, 0.4) is 0 Å². The highest BCUT2D eigenvalue weighted by Crippen LogP contribution is 2.18. The first-order valence-electron chi connectivity index (χ1n) is 9.32. The summed E-state index contributed by atoms with van der Waals surface area (Å²) in [5, 5.41) is 8.59. The van der Waals surface area contributed by atoms with Crippen LogP contribution < -0.4 is 4.74 Å². The lowest BCUT2D eigenvalue weighted by molar-refractivity contribution is 0.304. The van der Waals surface area contributed by atoms with Crippen molar-refractivity contribution >= 4 is 12.9 Å². The van der Waals surface area contributed by atoms with E-state index < -0.39 is 7.25 Å². The fourth-order valence-corrected chi connectivity index (χ4v) is 2.39. The highest BCUT2D eigenvalue weighted by Gasteiger charge is 2.20. The van der Waals surface area contributed by atoms with Gasteiger partial charge >= 0.3 is 12.9 Å². The van der Waals surface area contributed by atoms with Crippen molar-refractivity contribution in [2.24, 2.45) is 0 Å². The Hall–Kier alpha value is -1.78. The first-order valence-corrected chi connectivity index (χ1v) is 9.32. The maximum absolute atomic E-state index is 9.75. The predicted molar refractivity (Wildman–Crippen MR) is 98.7 cm³/mol. The molecule has 8 heteroatoms. The van der Waals surface area contributed by atoms with Gasteiger partial charge in [0.2, 0.25) is 5.39 Å². The van der Waals surface area contributed by atoms with E-state index in [1.165, 1.54) is 57.8 Å². The van der Waals surface area contributed by atoms with Gasteiger partial charge in [0.15, 0.2) is 4.98 Å². The van der Waals surface area contributed by atoms with Gasteiger partial charge in [0.25, 0.3) is 0 Å². The molecule has 0 heterocycles. The normalized spacial score (nSPS) is 10.6. The van der Waals surface area contributed by atoms with Crippen LogP contribution in [0.4, 0.5) is 23.0 Å². The van der Waals surface area contributed by atoms with Gasteiger partial charge < -0.3 is 22.0 Å². The Labute approximate surface area is 153 Å². The second-order valence-corrected chi connectivity index (χ2v) is 6.12. The van der Waals surface area contributed by atoms with E-state index >= 15 is 0 Å². The molecule has 0 N–H and O–H groups in total. The molecule has 0 spiro atoms. The van der Waals surface area contributed by atoms with Crippen LogP contribution in [0.1, 0.15) is 71.1 Å². The lowest BCUT2D eigenvalue weighted by atomic mass is 10.1. The second-order valence-electron chi connectivity index (χ2n) is 6.12. The number of unbranched alkanes of at least 4 members (excludes halogenated alkanes) is 9. The quantitative estimate of drug-likeness (QED) is 0.162. The maximum atomic E-state index is 9.75. The van der Waals surface area contributed by atoms with Crippen LogP contribution in [-0.2, 0) is 0 Å². The number of hydrogen-bond donors (Lipinski definition) is 0. The van der Waals surface area contributed by atoms with Crippen molar-refractivity contribution in [1.29, 1.82) is 5.39 Å². The van der Waals surface area contributed by atoms with Gasteiger partial charge in [-0.3, -0.25) is 0 Å². The number of halogens is 4. The molecule has 1 aromatic rings. The highest BCUT2D eigenvalue weighted by atomic mass is 19.5. The molecule has 0 fully saturated rings. The Kier molecular flexibility index (Phi) is 14.4. The number of nitrogens with zero attached hydrogens (tertiary/aromatic N) is 2. The molecule has 0 aliphatic rings. The molecule has 0 saturated heterocycles. The summed E-state index contributed by atoms with van der Waals surface area (Å²) in [6, 6.07) is 7.17. The second kappa shape index (κ2) is 15.5. The summed E-state index contributed by atoms with van der Waals surface area (Å²) < 4.78 is 44.7. The first kappa shape index (κ1) is 24.2. The predicted octanol–water partition coefficient (Wildman–Crippen LogP) is 7.77. The summed E-state index contributed by atoms with van der Waals surface area (Å²) in [7, 11) is -6.00. The van der Waals surface area contributed by atoms with Crippen molar-refractivity contribution in [3.05, 3.63) is 29.2 Å². The first-order chi connectivity index (χ1) is 12.4. The van der Waals surface area contributed by atoms with Crippen LogP contribution in [0.5, 0.6) is 5.75 Å². The number of diazo groups is 1. The molecule has 0 aliphatic heterocycles. The lowest BCUT2D eigenvalue weighted by Gasteiger charge is -2.05. The standard InChI is InChI=1S/C18H29N2O.BF4/c1-2-3-4-5-6-7-8-9-10-11-16-21-18-14-12-17(20-19)13-15-18;2-1(3,4)5/h12-15H,2-11,16H2,1H3;/q+1;-1. The molecule has 1 rings (SSSR count). The maximum Gasteiger partial charge on any atom is 0.673 e. The van der Waals surface area contributed by atoms with Gasteiger partial charge in [-0.1, -0.05) is 64.7 Å². The van der Waals surface area contributed by atoms with Crippen molar-refractivity contribution in [3.8, 4) is 5.75 Å². The zero-order valence-corrected chi connectivity index (χ0v) is 15.5. The molecule has 3 nitrogen and oxygen atoms in total. The van der Waals surface area contributed by atoms with E-state index in [0.717, 1.165) is 18.8 Å². The summed E-state index contributed by atoms with van der Waals surface area (Å²) in [6.07, 6.45) is 13.4. The molecule has 148 valence electrons. The Morgan fingerprint density at radius 1 is 0.808 bits per heavy atom. The van der Waals surface area contributed by atoms with E-state index in [0.29, 0.717) is 5.69 Å². The molecule has 26 heavy (non-hydrogen) atoms. The number of ether oxygens (including phenoxy) is 1. The van der Waals surface area contributed by atoms with Crippen LogP contribution in [0.2, 0.25) is 0 Å². The van der Waals surface area contributed by atoms with Crippen LogP contribution in [0, 0.1) is 5.39 Å². The number of benzene rings is 1. The number of rotatable bonds is 12. The van der Waals surface area contributed by atoms with Crippen molar-refractivity contribution in [2.45, 2.75) is 71.1 Å². The molecule has 1 aromatic carbocycles. The summed E-state index contributed by atoms with van der Waals surface area (Å²) >= 11 is 0. The average molecular weight is 376 g/mol. The number of hydrogen-bond acceptors (Lipinski definition) is 2. The molecule has 0 aromatic heterocycles. The SMILES string of the molecule is CCCCCCCCCCCCOc1ccc([N+]#N)cc1.F[B-](F)(F)F. The van der Waals surface area contributed by atoms with E-state index in [-0.39, 0.29) is 0 Å². The van der Waals surface area contributed by atoms with Gasteiger partial charge in [0.05, 0.1) is 6.61 Å². The summed E-state index contributed by atoms with van der Waals surface area (Å²) in [5.41, 5.74) is 0.557. The third kappa shape index (κ3) is 18.6. The van der Waals surface area contributed by atoms with Crippen molar-refractivity contribution in [3.63, 3.8) is 0 Å². The third-order valence-electron chi connectivity index (χ3n) is 3.72. The zero-order valence-electron chi connectivity index (χ0n) is 15.5. The van der Waals surface area contributed by atoms with Gasteiger partial charge in [0.1, 0.15) is 5.75 Å². The van der Waals surface area contributed by atoms with Crippen LogP contribution >= 0.6 is 0 Å². The minimum Gasteiger partial charge on any atom is -0.494 e. The largest absolute Gasteiger partial charge is 0.673 e. The van der Waals surface area contributed by atoms with Gasteiger partial charge in [-0.05, 0) is 18.6 Å². The van der Waals surface area contributed by atoms with Crippen LogP contribution in [0.15, 0.2) is 24.3 Å². The minimum absolute atomic E-state index is 0.557. The topological polar surface area (TPSA) is 37.4 Å². The molecular weight excluding hydrogens is 347 g/mol. The Morgan fingerprint density at radius 3 is 1.65 bits per heavy atom. The smallest absolute Gasteiger partial charge is 0.494 e. The Balaban J connectivity index is 0.00000110. The van der Waals surface area contributed by atoms with Gasteiger partial charge in [-0.25, -0.2) is 0 Å².